The first-order chi connectivity index (χ1) is 12.6. The molecule has 0 N–H and O–H groups in total. The molecule has 3 heterocycles. The zero-order valence-corrected chi connectivity index (χ0v) is 14.8. The Morgan fingerprint density at radius 2 is 1.92 bits per heavy atom. The van der Waals surface area contributed by atoms with E-state index in [0.717, 1.165) is 11.4 Å². The van der Waals surface area contributed by atoms with E-state index < -0.39 is 0 Å². The van der Waals surface area contributed by atoms with E-state index in [4.69, 9.17) is 4.74 Å². The maximum Gasteiger partial charge on any atom is 0.314 e. The predicted molar refractivity (Wildman–Crippen MR) is 92.5 cm³/mol. The minimum atomic E-state index is -0.244. The molecule has 2 aromatic heterocycles. The molecule has 9 nitrogen and oxygen atoms in total. The summed E-state index contributed by atoms with van der Waals surface area (Å²) in [7, 11) is 3.18. The van der Waals surface area contributed by atoms with Gasteiger partial charge in [0, 0.05) is 19.2 Å². The molecule has 0 fully saturated rings. The summed E-state index contributed by atoms with van der Waals surface area (Å²) in [5, 5.41) is 8.73. The smallest absolute Gasteiger partial charge is 0.314 e. The average molecular weight is 353 g/mol. The van der Waals surface area contributed by atoms with Crippen molar-refractivity contribution in [2.24, 2.45) is 7.05 Å². The van der Waals surface area contributed by atoms with Gasteiger partial charge in [-0.05, 0) is 6.92 Å². The molecule has 0 saturated heterocycles. The largest absolute Gasteiger partial charge is 0.467 e. The molecular weight excluding hydrogens is 334 g/mol. The van der Waals surface area contributed by atoms with E-state index in [1.165, 1.54) is 11.8 Å². The molecule has 1 aromatic carbocycles. The second-order valence-electron chi connectivity index (χ2n) is 6.10. The van der Waals surface area contributed by atoms with Crippen molar-refractivity contribution in [3.05, 3.63) is 42.0 Å². The third kappa shape index (κ3) is 2.61. The number of carbonyl (C=O) groups excluding carboxylic acids is 1. The summed E-state index contributed by atoms with van der Waals surface area (Å²) in [6, 6.07) is 9.88. The number of nitrogens with zero attached hydrogens (tertiary/aromatic N) is 7. The van der Waals surface area contributed by atoms with Gasteiger partial charge in [-0.3, -0.25) is 4.79 Å². The third-order valence-electron chi connectivity index (χ3n) is 4.48. The first-order valence-electron chi connectivity index (χ1n) is 8.34. The molecule has 9 heteroatoms. The average Bonchev–Trinajstić information content (AvgIpc) is 3.26. The van der Waals surface area contributed by atoms with Gasteiger partial charge < -0.3 is 9.64 Å². The fourth-order valence-corrected chi connectivity index (χ4v) is 3.12. The first kappa shape index (κ1) is 16.2. The highest BCUT2D eigenvalue weighted by Crippen LogP contribution is 2.27. The minimum Gasteiger partial charge on any atom is -0.467 e. The molecule has 1 aliphatic heterocycles. The third-order valence-corrected chi connectivity index (χ3v) is 4.48. The van der Waals surface area contributed by atoms with Gasteiger partial charge in [0.15, 0.2) is 5.82 Å². The Bertz CT molecular complexity index is 947. The molecule has 0 unspecified atom stereocenters. The molecule has 0 saturated carbocycles. The van der Waals surface area contributed by atoms with Gasteiger partial charge in [0.05, 0.1) is 19.7 Å². The van der Waals surface area contributed by atoms with Gasteiger partial charge in [0.1, 0.15) is 5.82 Å². The van der Waals surface area contributed by atoms with Gasteiger partial charge in [-0.15, -0.1) is 5.10 Å². The maximum atomic E-state index is 12.9. The normalized spacial score (nSPS) is 16.4. The molecule has 3 aromatic rings. The van der Waals surface area contributed by atoms with Crippen LogP contribution in [-0.2, 0) is 13.6 Å². The van der Waals surface area contributed by atoms with Crippen molar-refractivity contribution in [3.8, 4) is 17.4 Å². The van der Waals surface area contributed by atoms with Gasteiger partial charge in [-0.2, -0.15) is 10.1 Å². The first-order valence-corrected chi connectivity index (χ1v) is 8.34. The summed E-state index contributed by atoms with van der Waals surface area (Å²) < 4.78 is 8.40. The summed E-state index contributed by atoms with van der Waals surface area (Å²) >= 11 is 0. The topological polar surface area (TPSA) is 91.0 Å². The van der Waals surface area contributed by atoms with Crippen LogP contribution < -0.4 is 4.74 Å². The monoisotopic (exact) mass is 353 g/mol. The zero-order chi connectivity index (χ0) is 18.3. The van der Waals surface area contributed by atoms with E-state index in [1.807, 2.05) is 41.9 Å². The van der Waals surface area contributed by atoms with Gasteiger partial charge in [-0.1, -0.05) is 30.3 Å². The number of aromatic nitrogens is 6. The van der Waals surface area contributed by atoms with Crippen molar-refractivity contribution in [2.75, 3.05) is 13.7 Å². The Balaban J connectivity index is 1.62. The number of benzene rings is 1. The molecular formula is C17H19N7O2. The van der Waals surface area contributed by atoms with Crippen LogP contribution in [0.2, 0.25) is 0 Å². The van der Waals surface area contributed by atoms with Crippen LogP contribution in [0.3, 0.4) is 0 Å². The SMILES string of the molecule is COc1nc(C(=O)N2CCn3nc(-c4ccccc4)nc3[C@@H]2C)nn1C. The number of amides is 1. The molecule has 1 amide bonds. The summed E-state index contributed by atoms with van der Waals surface area (Å²) in [5.74, 6) is 1.30. The van der Waals surface area contributed by atoms with Crippen LogP contribution in [0.5, 0.6) is 6.01 Å². The Morgan fingerprint density at radius 3 is 2.62 bits per heavy atom. The molecule has 0 aliphatic carbocycles. The predicted octanol–water partition coefficient (Wildman–Crippen LogP) is 1.30. The van der Waals surface area contributed by atoms with Crippen LogP contribution in [-0.4, -0.2) is 54.0 Å². The van der Waals surface area contributed by atoms with Crippen molar-refractivity contribution >= 4 is 5.91 Å². The van der Waals surface area contributed by atoms with Crippen molar-refractivity contribution < 1.29 is 9.53 Å². The molecule has 134 valence electrons. The van der Waals surface area contributed by atoms with Gasteiger partial charge in [-0.25, -0.2) is 14.3 Å². The Kier molecular flexibility index (Phi) is 3.90. The lowest BCUT2D eigenvalue weighted by Crippen LogP contribution is -2.42. The van der Waals surface area contributed by atoms with Crippen molar-refractivity contribution in [3.63, 3.8) is 0 Å². The van der Waals surface area contributed by atoms with Crippen molar-refractivity contribution in [2.45, 2.75) is 19.5 Å². The zero-order valence-electron chi connectivity index (χ0n) is 14.8. The fraction of sp³-hybridized carbons (Fsp3) is 0.353. The summed E-state index contributed by atoms with van der Waals surface area (Å²) in [5.41, 5.74) is 0.954. The molecule has 0 radical (unpaired) electrons. The lowest BCUT2D eigenvalue weighted by Gasteiger charge is -2.31. The number of fused-ring (bicyclic) bond motifs is 1. The van der Waals surface area contributed by atoms with Crippen LogP contribution >= 0.6 is 0 Å². The van der Waals surface area contributed by atoms with Crippen LogP contribution in [0.1, 0.15) is 29.4 Å². The van der Waals surface area contributed by atoms with E-state index in [-0.39, 0.29) is 17.8 Å². The Morgan fingerprint density at radius 1 is 1.15 bits per heavy atom. The van der Waals surface area contributed by atoms with Crippen LogP contribution in [0.4, 0.5) is 0 Å². The Hall–Kier alpha value is -3.23. The van der Waals surface area contributed by atoms with Crippen LogP contribution in [0, 0.1) is 0 Å². The van der Waals surface area contributed by atoms with E-state index in [2.05, 4.69) is 20.2 Å². The Labute approximate surface area is 150 Å². The number of ether oxygens (including phenoxy) is 1. The number of rotatable bonds is 3. The summed E-state index contributed by atoms with van der Waals surface area (Å²) in [6.07, 6.45) is 0. The molecule has 0 spiro atoms. The van der Waals surface area contributed by atoms with Gasteiger partial charge in [0.2, 0.25) is 5.82 Å². The van der Waals surface area contributed by atoms with E-state index >= 15 is 0 Å². The molecule has 26 heavy (non-hydrogen) atoms. The number of aryl methyl sites for hydroxylation is 1. The quantitative estimate of drug-likeness (QED) is 0.705. The second-order valence-corrected chi connectivity index (χ2v) is 6.10. The fourth-order valence-electron chi connectivity index (χ4n) is 3.12. The summed E-state index contributed by atoms with van der Waals surface area (Å²) in [4.78, 5) is 23.4. The molecule has 4 rings (SSSR count). The van der Waals surface area contributed by atoms with E-state index in [9.17, 15) is 4.79 Å². The number of hydrogen-bond acceptors (Lipinski definition) is 6. The summed E-state index contributed by atoms with van der Waals surface area (Å²) in [6.45, 7) is 3.03. The minimum absolute atomic E-state index is 0.118. The maximum absolute atomic E-state index is 12.9. The molecule has 0 bridgehead atoms. The van der Waals surface area contributed by atoms with Crippen molar-refractivity contribution in [1.82, 2.24) is 34.4 Å². The lowest BCUT2D eigenvalue weighted by molar-refractivity contribution is 0.0617. The molecule has 1 atom stereocenters. The highest BCUT2D eigenvalue weighted by molar-refractivity contribution is 5.90. The number of hydrogen-bond donors (Lipinski definition) is 0. The number of carbonyl (C=O) groups is 1. The standard InChI is InChI=1S/C17H19N7O2/c1-11-15-18-13(12-7-5-4-6-8-12)21-24(15)10-9-23(11)16(25)14-19-17(26-3)22(2)20-14/h4-8,11H,9-10H2,1-3H3/t11-/m0/s1. The van der Waals surface area contributed by atoms with Gasteiger partial charge in [0.25, 0.3) is 5.91 Å². The second kappa shape index (κ2) is 6.25. The lowest BCUT2D eigenvalue weighted by atomic mass is 10.2. The van der Waals surface area contributed by atoms with Crippen LogP contribution in [0.25, 0.3) is 11.4 Å². The molecule has 1 aliphatic rings. The number of methoxy groups -OCH3 is 1. The highest BCUT2D eigenvalue weighted by Gasteiger charge is 2.33. The van der Waals surface area contributed by atoms with E-state index in [1.54, 1.807) is 11.9 Å². The van der Waals surface area contributed by atoms with Crippen molar-refractivity contribution in [1.29, 1.82) is 0 Å². The van der Waals surface area contributed by atoms with Crippen LogP contribution in [0.15, 0.2) is 30.3 Å². The van der Waals surface area contributed by atoms with Gasteiger partial charge >= 0.3 is 6.01 Å². The highest BCUT2D eigenvalue weighted by atomic mass is 16.5. The van der Waals surface area contributed by atoms with E-state index in [0.29, 0.717) is 24.9 Å².